The number of nitrogens with one attached hydrogen (secondary N) is 1. The van der Waals surface area contributed by atoms with Crippen LogP contribution >= 0.6 is 0 Å². The zero-order valence-corrected chi connectivity index (χ0v) is 16.0. The second-order valence-corrected chi connectivity index (χ2v) is 7.71. The molecule has 6 heteroatoms. The molecule has 0 saturated heterocycles. The number of nitrogens with two attached hydrogens (primary N) is 1. The lowest BCUT2D eigenvalue weighted by molar-refractivity contribution is -0.105. The zero-order chi connectivity index (χ0) is 19.4. The van der Waals surface area contributed by atoms with Crippen LogP contribution in [0.2, 0.25) is 0 Å². The molecule has 28 heavy (non-hydrogen) atoms. The number of carbonyl (C=O) groups excluding carboxylic acids is 1. The standard InChI is InChI=1S/C22H22N4O2/c1-12-21(13(2)28-25-12)15-7-18-17-6-5-16(23)9-20(17)26(10-14-3-4-14)22(18)19(8-15)24-11-27/h5-9,11,14H,3-4,10,23H2,1-2H3,(H,24,27). The molecule has 2 aromatic heterocycles. The molecule has 0 atom stereocenters. The van der Waals surface area contributed by atoms with Crippen molar-refractivity contribution in [3.63, 3.8) is 0 Å². The Kier molecular flexibility index (Phi) is 3.69. The largest absolute Gasteiger partial charge is 0.399 e. The van der Waals surface area contributed by atoms with Crippen LogP contribution in [0.15, 0.2) is 34.9 Å². The number of hydrogen-bond donors (Lipinski definition) is 2. The van der Waals surface area contributed by atoms with E-state index in [4.69, 9.17) is 10.3 Å². The van der Waals surface area contributed by atoms with Crippen molar-refractivity contribution in [2.75, 3.05) is 11.1 Å². The molecule has 6 nitrogen and oxygen atoms in total. The maximum atomic E-state index is 11.4. The van der Waals surface area contributed by atoms with Gasteiger partial charge in [0.1, 0.15) is 5.76 Å². The first kappa shape index (κ1) is 16.9. The van der Waals surface area contributed by atoms with Gasteiger partial charge in [0.05, 0.1) is 22.4 Å². The Bertz CT molecular complexity index is 1210. The smallest absolute Gasteiger partial charge is 0.211 e. The maximum absolute atomic E-state index is 11.4. The Morgan fingerprint density at radius 1 is 1.25 bits per heavy atom. The summed E-state index contributed by atoms with van der Waals surface area (Å²) in [5, 5.41) is 9.23. The number of amides is 1. The molecular weight excluding hydrogens is 352 g/mol. The maximum Gasteiger partial charge on any atom is 0.211 e. The fourth-order valence-electron chi connectivity index (χ4n) is 4.21. The number of nitrogen functional groups attached to an aromatic ring is 1. The quantitative estimate of drug-likeness (QED) is 0.394. The highest BCUT2D eigenvalue weighted by Crippen LogP contribution is 2.41. The topological polar surface area (TPSA) is 86.1 Å². The molecule has 0 radical (unpaired) electrons. The first-order valence-corrected chi connectivity index (χ1v) is 9.55. The summed E-state index contributed by atoms with van der Waals surface area (Å²) >= 11 is 0. The van der Waals surface area contributed by atoms with Crippen molar-refractivity contribution in [1.82, 2.24) is 9.72 Å². The zero-order valence-electron chi connectivity index (χ0n) is 16.0. The van der Waals surface area contributed by atoms with E-state index in [9.17, 15) is 4.79 Å². The summed E-state index contributed by atoms with van der Waals surface area (Å²) < 4.78 is 7.68. The van der Waals surface area contributed by atoms with Gasteiger partial charge in [-0.2, -0.15) is 0 Å². The first-order chi connectivity index (χ1) is 13.6. The van der Waals surface area contributed by atoms with E-state index in [-0.39, 0.29) is 0 Å². The molecule has 1 fully saturated rings. The molecule has 3 N–H and O–H groups in total. The first-order valence-electron chi connectivity index (χ1n) is 9.55. The van der Waals surface area contributed by atoms with Gasteiger partial charge >= 0.3 is 0 Å². The monoisotopic (exact) mass is 374 g/mol. The molecule has 0 bridgehead atoms. The van der Waals surface area contributed by atoms with Gasteiger partial charge < -0.3 is 20.1 Å². The van der Waals surface area contributed by atoms with Crippen molar-refractivity contribution in [1.29, 1.82) is 0 Å². The van der Waals surface area contributed by atoms with Crippen LogP contribution in [0.25, 0.3) is 32.9 Å². The van der Waals surface area contributed by atoms with Crippen molar-refractivity contribution >= 4 is 39.6 Å². The summed E-state index contributed by atoms with van der Waals surface area (Å²) in [6, 6.07) is 10.2. The molecule has 0 spiro atoms. The van der Waals surface area contributed by atoms with Crippen LogP contribution in [-0.2, 0) is 11.3 Å². The molecule has 1 aliphatic rings. The Morgan fingerprint density at radius 3 is 2.75 bits per heavy atom. The van der Waals surface area contributed by atoms with Gasteiger partial charge in [-0.05, 0) is 62.4 Å². The molecule has 0 unspecified atom stereocenters. The lowest BCUT2D eigenvalue weighted by Gasteiger charge is -2.12. The van der Waals surface area contributed by atoms with Crippen LogP contribution < -0.4 is 11.1 Å². The van der Waals surface area contributed by atoms with Crippen molar-refractivity contribution in [2.45, 2.75) is 33.2 Å². The minimum absolute atomic E-state index is 0.687. The van der Waals surface area contributed by atoms with E-state index in [1.807, 2.05) is 32.0 Å². The van der Waals surface area contributed by atoms with Gasteiger partial charge in [-0.15, -0.1) is 0 Å². The fraction of sp³-hybridized carbons (Fsp3) is 0.273. The van der Waals surface area contributed by atoms with Crippen LogP contribution in [0.1, 0.15) is 24.3 Å². The van der Waals surface area contributed by atoms with Gasteiger partial charge in [-0.3, -0.25) is 4.79 Å². The SMILES string of the molecule is Cc1noc(C)c1-c1cc(NC=O)c2c(c1)c1ccc(N)cc1n2CC1CC1. The molecule has 0 aliphatic heterocycles. The molecule has 2 heterocycles. The van der Waals surface area contributed by atoms with Crippen molar-refractivity contribution in [3.8, 4) is 11.1 Å². The second kappa shape index (κ2) is 6.12. The van der Waals surface area contributed by atoms with Crippen molar-refractivity contribution < 1.29 is 9.32 Å². The van der Waals surface area contributed by atoms with Gasteiger partial charge in [0, 0.05) is 28.6 Å². The Labute approximate surface area is 162 Å². The molecule has 5 rings (SSSR count). The second-order valence-electron chi connectivity index (χ2n) is 7.71. The average Bonchev–Trinajstić information content (AvgIpc) is 3.36. The van der Waals surface area contributed by atoms with Gasteiger partial charge in [0.15, 0.2) is 0 Å². The van der Waals surface area contributed by atoms with E-state index in [2.05, 4.69) is 27.2 Å². The van der Waals surface area contributed by atoms with Gasteiger partial charge in [-0.25, -0.2) is 0 Å². The minimum Gasteiger partial charge on any atom is -0.399 e. The summed E-state index contributed by atoms with van der Waals surface area (Å²) in [7, 11) is 0. The van der Waals surface area contributed by atoms with E-state index in [1.165, 1.54) is 12.8 Å². The highest BCUT2D eigenvalue weighted by molar-refractivity contribution is 6.15. The number of hydrogen-bond acceptors (Lipinski definition) is 4. The number of nitrogens with zero attached hydrogens (tertiary/aromatic N) is 2. The molecule has 1 aliphatic carbocycles. The van der Waals surface area contributed by atoms with Crippen LogP contribution in [-0.4, -0.2) is 16.1 Å². The fourth-order valence-corrected chi connectivity index (χ4v) is 4.21. The third-order valence-electron chi connectivity index (χ3n) is 5.66. The predicted molar refractivity (Wildman–Crippen MR) is 111 cm³/mol. The number of aromatic nitrogens is 2. The molecule has 2 aromatic carbocycles. The molecule has 4 aromatic rings. The van der Waals surface area contributed by atoms with Gasteiger partial charge in [0.2, 0.25) is 6.41 Å². The number of anilines is 2. The Hall–Kier alpha value is -3.28. The Balaban J connectivity index is 1.88. The average molecular weight is 374 g/mol. The van der Waals surface area contributed by atoms with E-state index in [0.29, 0.717) is 5.92 Å². The highest BCUT2D eigenvalue weighted by atomic mass is 16.5. The highest BCUT2D eigenvalue weighted by Gasteiger charge is 2.25. The summed E-state index contributed by atoms with van der Waals surface area (Å²) in [5.41, 5.74) is 12.6. The van der Waals surface area contributed by atoms with Crippen LogP contribution in [0, 0.1) is 19.8 Å². The van der Waals surface area contributed by atoms with Crippen LogP contribution in [0.3, 0.4) is 0 Å². The number of benzene rings is 2. The summed E-state index contributed by atoms with van der Waals surface area (Å²) in [5.74, 6) is 1.45. The molecule has 142 valence electrons. The molecular formula is C22H22N4O2. The van der Waals surface area contributed by atoms with Crippen LogP contribution in [0.4, 0.5) is 11.4 Å². The third kappa shape index (κ3) is 2.56. The number of rotatable bonds is 5. The van der Waals surface area contributed by atoms with Gasteiger partial charge in [0.25, 0.3) is 0 Å². The van der Waals surface area contributed by atoms with E-state index in [1.54, 1.807) is 0 Å². The molecule has 1 saturated carbocycles. The van der Waals surface area contributed by atoms with E-state index in [0.717, 1.165) is 68.7 Å². The number of aryl methyl sites for hydroxylation is 2. The summed E-state index contributed by atoms with van der Waals surface area (Å²) in [6.45, 7) is 4.77. The predicted octanol–water partition coefficient (Wildman–Crippen LogP) is 4.63. The Morgan fingerprint density at radius 2 is 2.07 bits per heavy atom. The number of carbonyl (C=O) groups is 1. The van der Waals surface area contributed by atoms with Gasteiger partial charge in [-0.1, -0.05) is 11.2 Å². The van der Waals surface area contributed by atoms with Crippen molar-refractivity contribution in [3.05, 3.63) is 41.8 Å². The van der Waals surface area contributed by atoms with E-state index >= 15 is 0 Å². The normalized spacial score (nSPS) is 14.1. The van der Waals surface area contributed by atoms with Crippen molar-refractivity contribution in [2.24, 2.45) is 5.92 Å². The third-order valence-corrected chi connectivity index (χ3v) is 5.66. The minimum atomic E-state index is 0.687. The van der Waals surface area contributed by atoms with E-state index < -0.39 is 0 Å². The number of fused-ring (bicyclic) bond motifs is 3. The lowest BCUT2D eigenvalue weighted by Crippen LogP contribution is -2.03. The summed E-state index contributed by atoms with van der Waals surface area (Å²) in [6.07, 6.45) is 3.23. The lowest BCUT2D eigenvalue weighted by atomic mass is 10.00. The molecule has 1 amide bonds. The van der Waals surface area contributed by atoms with Crippen LogP contribution in [0.5, 0.6) is 0 Å². The summed E-state index contributed by atoms with van der Waals surface area (Å²) in [4.78, 5) is 11.4.